The van der Waals surface area contributed by atoms with Gasteiger partial charge in [0.15, 0.2) is 0 Å². The van der Waals surface area contributed by atoms with E-state index in [9.17, 15) is 4.79 Å². The molecule has 0 unspecified atom stereocenters. The molecule has 1 heterocycles. The molecule has 3 rings (SSSR count). The molecule has 1 atom stereocenters. The Morgan fingerprint density at radius 2 is 1.93 bits per heavy atom. The molecule has 0 aromatic heterocycles. The normalized spacial score (nSPS) is 16.9. The summed E-state index contributed by atoms with van der Waals surface area (Å²) in [7, 11) is 3.29. The third-order valence-corrected chi connectivity index (χ3v) is 5.92. The first-order valence-electron chi connectivity index (χ1n) is 10.5. The molecule has 0 saturated carbocycles. The number of rotatable bonds is 8. The molecule has 30 heavy (non-hydrogen) atoms. The number of amides is 1. The van der Waals surface area contributed by atoms with E-state index in [0.29, 0.717) is 28.8 Å². The fraction of sp³-hybridized carbons (Fsp3) is 0.458. The van der Waals surface area contributed by atoms with Gasteiger partial charge in [0.1, 0.15) is 11.5 Å². The number of anilines is 1. The first kappa shape index (κ1) is 22.4. The second kappa shape index (κ2) is 10.7. The lowest BCUT2D eigenvalue weighted by atomic mass is 9.93. The van der Waals surface area contributed by atoms with E-state index < -0.39 is 0 Å². The van der Waals surface area contributed by atoms with Gasteiger partial charge in [0.05, 0.1) is 19.9 Å². The molecule has 0 bridgehead atoms. The van der Waals surface area contributed by atoms with Gasteiger partial charge in [-0.25, -0.2) is 0 Å². The van der Waals surface area contributed by atoms with E-state index in [2.05, 4.69) is 29.3 Å². The summed E-state index contributed by atoms with van der Waals surface area (Å²) >= 11 is 6.05. The topological polar surface area (TPSA) is 50.8 Å². The summed E-state index contributed by atoms with van der Waals surface area (Å²) in [5.41, 5.74) is 3.09. The van der Waals surface area contributed by atoms with Crippen LogP contribution in [0.2, 0.25) is 5.02 Å². The van der Waals surface area contributed by atoms with Gasteiger partial charge in [0.25, 0.3) is 0 Å². The minimum atomic E-state index is -0.00142. The Labute approximate surface area is 184 Å². The highest BCUT2D eigenvalue weighted by atomic mass is 35.5. The minimum Gasteiger partial charge on any atom is -0.496 e. The van der Waals surface area contributed by atoms with Gasteiger partial charge in [-0.3, -0.25) is 9.69 Å². The van der Waals surface area contributed by atoms with Gasteiger partial charge in [-0.2, -0.15) is 0 Å². The molecule has 1 amide bonds. The summed E-state index contributed by atoms with van der Waals surface area (Å²) in [5, 5.41) is 3.51. The molecule has 0 aliphatic carbocycles. The lowest BCUT2D eigenvalue weighted by molar-refractivity contribution is -0.116. The van der Waals surface area contributed by atoms with Gasteiger partial charge in [0, 0.05) is 24.5 Å². The second-order valence-electron chi connectivity index (χ2n) is 7.98. The fourth-order valence-corrected chi connectivity index (χ4v) is 4.33. The number of benzene rings is 2. The van der Waals surface area contributed by atoms with Crippen molar-refractivity contribution in [2.45, 2.75) is 39.2 Å². The molecule has 162 valence electrons. The van der Waals surface area contributed by atoms with Crippen LogP contribution in [-0.2, 0) is 11.3 Å². The van der Waals surface area contributed by atoms with Gasteiger partial charge >= 0.3 is 0 Å². The summed E-state index contributed by atoms with van der Waals surface area (Å²) in [6, 6.07) is 11.6. The maximum Gasteiger partial charge on any atom is 0.224 e. The fourth-order valence-electron chi connectivity index (χ4n) is 4.15. The van der Waals surface area contributed by atoms with Crippen molar-refractivity contribution in [2.75, 3.05) is 32.6 Å². The van der Waals surface area contributed by atoms with Crippen molar-refractivity contribution in [2.24, 2.45) is 5.92 Å². The first-order chi connectivity index (χ1) is 14.5. The largest absolute Gasteiger partial charge is 0.496 e. The summed E-state index contributed by atoms with van der Waals surface area (Å²) in [4.78, 5) is 15.0. The highest BCUT2D eigenvalue weighted by molar-refractivity contribution is 6.31. The van der Waals surface area contributed by atoms with E-state index in [1.54, 1.807) is 32.4 Å². The maximum atomic E-state index is 12.5. The molecular weight excluding hydrogens is 400 g/mol. The van der Waals surface area contributed by atoms with Crippen molar-refractivity contribution in [3.8, 4) is 11.5 Å². The van der Waals surface area contributed by atoms with Gasteiger partial charge < -0.3 is 14.8 Å². The SMILES string of the molecule is COc1ccc(CN2CCC[C@H](CCC(=O)Nc3cc(Cl)ccc3OC)C2)cc1C. The average Bonchev–Trinajstić information content (AvgIpc) is 2.73. The number of carbonyl (C=O) groups excluding carboxylic acids is 1. The predicted molar refractivity (Wildman–Crippen MR) is 122 cm³/mol. The van der Waals surface area contributed by atoms with E-state index in [1.165, 1.54) is 18.4 Å². The van der Waals surface area contributed by atoms with Crippen LogP contribution in [0.25, 0.3) is 0 Å². The molecule has 2 aromatic rings. The van der Waals surface area contributed by atoms with Crippen molar-refractivity contribution in [3.05, 3.63) is 52.5 Å². The molecular formula is C24H31ClN2O3. The van der Waals surface area contributed by atoms with Gasteiger partial charge in [-0.15, -0.1) is 0 Å². The van der Waals surface area contributed by atoms with Gasteiger partial charge in [0.2, 0.25) is 5.91 Å². The van der Waals surface area contributed by atoms with E-state index >= 15 is 0 Å². The van der Waals surface area contributed by atoms with Crippen LogP contribution in [0.5, 0.6) is 11.5 Å². The molecule has 0 radical (unpaired) electrons. The Morgan fingerprint density at radius 3 is 2.67 bits per heavy atom. The smallest absolute Gasteiger partial charge is 0.224 e. The standard InChI is InChI=1S/C24H31ClN2O3/c1-17-13-19(6-9-22(17)29-2)16-27-12-4-5-18(15-27)7-11-24(28)26-21-14-20(25)8-10-23(21)30-3/h6,8-10,13-14,18H,4-5,7,11-12,15-16H2,1-3H3,(H,26,28)/t18-/m1/s1. The number of piperidine rings is 1. The molecule has 6 heteroatoms. The van der Waals surface area contributed by atoms with Crippen LogP contribution >= 0.6 is 11.6 Å². The van der Waals surface area contributed by atoms with E-state index in [1.807, 2.05) is 6.07 Å². The van der Waals surface area contributed by atoms with Crippen molar-refractivity contribution < 1.29 is 14.3 Å². The zero-order valence-electron chi connectivity index (χ0n) is 18.0. The van der Waals surface area contributed by atoms with Gasteiger partial charge in [-0.05, 0) is 74.0 Å². The number of nitrogens with one attached hydrogen (secondary N) is 1. The van der Waals surface area contributed by atoms with Crippen LogP contribution in [0.1, 0.15) is 36.8 Å². The van der Waals surface area contributed by atoms with Crippen molar-refractivity contribution in [1.29, 1.82) is 0 Å². The lowest BCUT2D eigenvalue weighted by Crippen LogP contribution is -2.35. The highest BCUT2D eigenvalue weighted by Gasteiger charge is 2.21. The number of ether oxygens (including phenoxy) is 2. The van der Waals surface area contributed by atoms with E-state index in [-0.39, 0.29) is 5.91 Å². The Morgan fingerprint density at radius 1 is 1.17 bits per heavy atom. The maximum absolute atomic E-state index is 12.5. The molecule has 1 fully saturated rings. The Hall–Kier alpha value is -2.24. The number of hydrogen-bond donors (Lipinski definition) is 1. The van der Waals surface area contributed by atoms with Crippen molar-refractivity contribution in [1.82, 2.24) is 4.90 Å². The van der Waals surface area contributed by atoms with E-state index in [0.717, 1.165) is 37.4 Å². The zero-order valence-corrected chi connectivity index (χ0v) is 18.8. The van der Waals surface area contributed by atoms with Crippen LogP contribution < -0.4 is 14.8 Å². The molecule has 2 aromatic carbocycles. The van der Waals surface area contributed by atoms with Gasteiger partial charge in [-0.1, -0.05) is 23.7 Å². The molecule has 1 aliphatic rings. The number of hydrogen-bond acceptors (Lipinski definition) is 4. The van der Waals surface area contributed by atoms with Crippen LogP contribution in [0.4, 0.5) is 5.69 Å². The first-order valence-corrected chi connectivity index (χ1v) is 10.9. The lowest BCUT2D eigenvalue weighted by Gasteiger charge is -2.32. The van der Waals surface area contributed by atoms with Crippen molar-refractivity contribution >= 4 is 23.2 Å². The quantitative estimate of drug-likeness (QED) is 0.617. The second-order valence-corrected chi connectivity index (χ2v) is 8.42. The molecule has 0 spiro atoms. The van der Waals surface area contributed by atoms with Crippen molar-refractivity contribution in [3.63, 3.8) is 0 Å². The molecule has 1 saturated heterocycles. The third-order valence-electron chi connectivity index (χ3n) is 5.68. The summed E-state index contributed by atoms with van der Waals surface area (Å²) in [5.74, 6) is 2.08. The monoisotopic (exact) mass is 430 g/mol. The minimum absolute atomic E-state index is 0.00142. The number of methoxy groups -OCH3 is 2. The number of carbonyl (C=O) groups is 1. The molecule has 1 aliphatic heterocycles. The average molecular weight is 431 g/mol. The molecule has 5 nitrogen and oxygen atoms in total. The zero-order chi connectivity index (χ0) is 21.5. The van der Waals surface area contributed by atoms with E-state index in [4.69, 9.17) is 21.1 Å². The summed E-state index contributed by atoms with van der Waals surface area (Å²) in [6.45, 7) is 5.15. The number of nitrogens with zero attached hydrogens (tertiary/aromatic N) is 1. The number of likely N-dealkylation sites (tertiary alicyclic amines) is 1. The third kappa shape index (κ3) is 6.13. The summed E-state index contributed by atoms with van der Waals surface area (Å²) < 4.78 is 10.7. The molecule has 1 N–H and O–H groups in total. The number of halogens is 1. The predicted octanol–water partition coefficient (Wildman–Crippen LogP) is 5.30. The van der Waals surface area contributed by atoms with Crippen LogP contribution in [0.15, 0.2) is 36.4 Å². The van der Waals surface area contributed by atoms with Crippen LogP contribution in [-0.4, -0.2) is 38.1 Å². The Balaban J connectivity index is 1.49. The van der Waals surface area contributed by atoms with Crippen LogP contribution in [0, 0.1) is 12.8 Å². The Kier molecular flexibility index (Phi) is 8.00. The number of aryl methyl sites for hydroxylation is 1. The van der Waals surface area contributed by atoms with Crippen LogP contribution in [0.3, 0.4) is 0 Å². The highest BCUT2D eigenvalue weighted by Crippen LogP contribution is 2.29. The summed E-state index contributed by atoms with van der Waals surface area (Å²) in [6.07, 6.45) is 3.72. The Bertz CT molecular complexity index is 872.